The molecular formula is C7H12N2. The van der Waals surface area contributed by atoms with Crippen LogP contribution in [0.1, 0.15) is 13.8 Å². The van der Waals surface area contributed by atoms with Gasteiger partial charge in [0.05, 0.1) is 0 Å². The molecule has 2 heteroatoms. The van der Waals surface area contributed by atoms with Crippen molar-refractivity contribution < 1.29 is 0 Å². The fraction of sp³-hybridized carbons (Fsp3) is 0.429. The lowest BCUT2D eigenvalue weighted by molar-refractivity contribution is 0.842. The maximum Gasteiger partial charge on any atom is 0.0443 e. The number of aliphatic imine (C=N–C) groups is 1. The highest BCUT2D eigenvalue weighted by Crippen LogP contribution is 1.81. The zero-order valence-corrected chi connectivity index (χ0v) is 5.83. The lowest BCUT2D eigenvalue weighted by Gasteiger charge is -1.89. The summed E-state index contributed by atoms with van der Waals surface area (Å²) in [6.07, 6.45) is 6.31. The molecule has 0 aromatic rings. The molecule has 0 rings (SSSR count). The van der Waals surface area contributed by atoms with E-state index in [1.54, 1.807) is 18.4 Å². The molecule has 0 unspecified atom stereocenters. The van der Waals surface area contributed by atoms with E-state index >= 15 is 0 Å². The Hall–Kier alpha value is -0.920. The summed E-state index contributed by atoms with van der Waals surface area (Å²) in [5, 5.41) is 6.61. The van der Waals surface area contributed by atoms with E-state index in [0.717, 1.165) is 0 Å². The van der Waals surface area contributed by atoms with Crippen molar-refractivity contribution in [3.63, 3.8) is 0 Å². The Morgan fingerprint density at radius 3 is 2.44 bits per heavy atom. The molecule has 9 heavy (non-hydrogen) atoms. The van der Waals surface area contributed by atoms with Crippen molar-refractivity contribution >= 4 is 12.4 Å². The molecule has 0 fully saturated rings. The third-order valence-electron chi connectivity index (χ3n) is 0.678. The lowest BCUT2D eigenvalue weighted by atomic mass is 10.4. The van der Waals surface area contributed by atoms with E-state index in [9.17, 15) is 0 Å². The normalized spacial score (nSPS) is 11.9. The van der Waals surface area contributed by atoms with Crippen molar-refractivity contribution in [1.82, 2.24) is 0 Å². The third kappa shape index (κ3) is 7.08. The first-order valence-electron chi connectivity index (χ1n) is 2.96. The van der Waals surface area contributed by atoms with Gasteiger partial charge in [0.1, 0.15) is 0 Å². The predicted octanol–water partition coefficient (Wildman–Crippen LogP) is 1.67. The molecule has 0 aromatic heterocycles. The fourth-order valence-corrected chi connectivity index (χ4v) is 0.327. The van der Waals surface area contributed by atoms with Crippen LogP contribution in [0.2, 0.25) is 0 Å². The number of hydrogen-bond donors (Lipinski definition) is 1. The van der Waals surface area contributed by atoms with Crippen LogP contribution < -0.4 is 0 Å². The Bertz CT molecular complexity index is 123. The van der Waals surface area contributed by atoms with Gasteiger partial charge in [0, 0.05) is 18.5 Å². The van der Waals surface area contributed by atoms with Crippen LogP contribution in [0.4, 0.5) is 0 Å². The summed E-state index contributed by atoms with van der Waals surface area (Å²) in [7, 11) is 0. The van der Waals surface area contributed by atoms with E-state index in [1.807, 2.05) is 13.8 Å². The molecular weight excluding hydrogens is 112 g/mol. The third-order valence-corrected chi connectivity index (χ3v) is 0.678. The van der Waals surface area contributed by atoms with E-state index in [-0.39, 0.29) is 0 Å². The first kappa shape index (κ1) is 8.08. The van der Waals surface area contributed by atoms with Gasteiger partial charge in [0.2, 0.25) is 0 Å². The number of allylic oxidation sites excluding steroid dienone is 2. The van der Waals surface area contributed by atoms with Crippen LogP contribution in [0.15, 0.2) is 17.1 Å². The summed E-state index contributed by atoms with van der Waals surface area (Å²) in [6.45, 7) is 4.02. The van der Waals surface area contributed by atoms with E-state index in [4.69, 9.17) is 5.41 Å². The van der Waals surface area contributed by atoms with Gasteiger partial charge in [-0.15, -0.1) is 0 Å². The van der Waals surface area contributed by atoms with Crippen molar-refractivity contribution in [2.45, 2.75) is 19.9 Å². The fourth-order valence-electron chi connectivity index (χ4n) is 0.327. The molecule has 0 atom stereocenters. The summed E-state index contributed by atoms with van der Waals surface area (Å²) < 4.78 is 0. The molecule has 0 aliphatic heterocycles. The second-order valence-electron chi connectivity index (χ2n) is 1.94. The van der Waals surface area contributed by atoms with E-state index in [0.29, 0.717) is 6.04 Å². The van der Waals surface area contributed by atoms with Gasteiger partial charge in [-0.3, -0.25) is 4.99 Å². The van der Waals surface area contributed by atoms with Crippen LogP contribution in [0.25, 0.3) is 0 Å². The zero-order valence-electron chi connectivity index (χ0n) is 5.83. The molecule has 0 saturated heterocycles. The molecule has 50 valence electrons. The maximum absolute atomic E-state index is 6.61. The topological polar surface area (TPSA) is 36.2 Å². The quantitative estimate of drug-likeness (QED) is 0.556. The summed E-state index contributed by atoms with van der Waals surface area (Å²) in [5.41, 5.74) is 0. The van der Waals surface area contributed by atoms with Gasteiger partial charge in [-0.25, -0.2) is 0 Å². The van der Waals surface area contributed by atoms with E-state index in [2.05, 4.69) is 4.99 Å². The Labute approximate surface area is 55.8 Å². The monoisotopic (exact) mass is 124 g/mol. The van der Waals surface area contributed by atoms with Gasteiger partial charge >= 0.3 is 0 Å². The van der Waals surface area contributed by atoms with Gasteiger partial charge in [-0.2, -0.15) is 0 Å². The van der Waals surface area contributed by atoms with Crippen LogP contribution in [0, 0.1) is 5.41 Å². The molecule has 0 spiro atoms. The molecule has 0 saturated carbocycles. The van der Waals surface area contributed by atoms with Crippen LogP contribution in [-0.2, 0) is 0 Å². The standard InChI is InChI=1S/C7H12N2/c1-7(2)9-6-4-3-5-8/h3-8H,1-2H3/b4-3-,8-5?,9-6?. The lowest BCUT2D eigenvalue weighted by Crippen LogP contribution is -1.86. The Morgan fingerprint density at radius 1 is 1.33 bits per heavy atom. The highest BCUT2D eigenvalue weighted by Gasteiger charge is 1.78. The second kappa shape index (κ2) is 5.22. The zero-order chi connectivity index (χ0) is 7.11. The van der Waals surface area contributed by atoms with Crippen molar-refractivity contribution in [2.24, 2.45) is 4.99 Å². The maximum atomic E-state index is 6.61. The Kier molecular flexibility index (Phi) is 4.69. The van der Waals surface area contributed by atoms with Crippen LogP contribution in [0.3, 0.4) is 0 Å². The van der Waals surface area contributed by atoms with E-state index < -0.39 is 0 Å². The van der Waals surface area contributed by atoms with Crippen molar-refractivity contribution in [3.8, 4) is 0 Å². The average Bonchev–Trinajstić information content (AvgIpc) is 1.80. The molecule has 0 radical (unpaired) electrons. The number of nitrogens with one attached hydrogen (secondary N) is 1. The smallest absolute Gasteiger partial charge is 0.0443 e. The highest BCUT2D eigenvalue weighted by molar-refractivity contribution is 5.79. The van der Waals surface area contributed by atoms with Gasteiger partial charge in [0.15, 0.2) is 0 Å². The van der Waals surface area contributed by atoms with Crippen LogP contribution >= 0.6 is 0 Å². The molecule has 0 amide bonds. The SMILES string of the molecule is CC(C)N=C/C=C\C=N. The molecule has 0 aliphatic carbocycles. The average molecular weight is 124 g/mol. The number of hydrogen-bond acceptors (Lipinski definition) is 2. The minimum Gasteiger partial charge on any atom is -0.309 e. The second-order valence-corrected chi connectivity index (χ2v) is 1.94. The van der Waals surface area contributed by atoms with Crippen LogP contribution in [-0.4, -0.2) is 18.5 Å². The molecule has 1 N–H and O–H groups in total. The highest BCUT2D eigenvalue weighted by atomic mass is 14.7. The largest absolute Gasteiger partial charge is 0.309 e. The molecule has 0 aromatic carbocycles. The Morgan fingerprint density at radius 2 is 2.00 bits per heavy atom. The molecule has 2 nitrogen and oxygen atoms in total. The number of nitrogens with zero attached hydrogens (tertiary/aromatic N) is 1. The van der Waals surface area contributed by atoms with Crippen LogP contribution in [0.5, 0.6) is 0 Å². The molecule has 0 heterocycles. The van der Waals surface area contributed by atoms with Gasteiger partial charge in [-0.05, 0) is 26.0 Å². The van der Waals surface area contributed by atoms with Gasteiger partial charge in [0.25, 0.3) is 0 Å². The first-order chi connectivity index (χ1) is 4.27. The van der Waals surface area contributed by atoms with Gasteiger partial charge in [-0.1, -0.05) is 0 Å². The number of rotatable bonds is 3. The van der Waals surface area contributed by atoms with Crippen molar-refractivity contribution in [2.75, 3.05) is 0 Å². The summed E-state index contributed by atoms with van der Waals surface area (Å²) >= 11 is 0. The van der Waals surface area contributed by atoms with E-state index in [1.165, 1.54) is 6.21 Å². The predicted molar refractivity (Wildman–Crippen MR) is 41.6 cm³/mol. The van der Waals surface area contributed by atoms with Gasteiger partial charge < -0.3 is 5.41 Å². The Balaban J connectivity index is 3.46. The summed E-state index contributed by atoms with van der Waals surface area (Å²) in [5.74, 6) is 0. The van der Waals surface area contributed by atoms with Crippen molar-refractivity contribution in [1.29, 1.82) is 5.41 Å². The molecule has 0 aliphatic rings. The minimum atomic E-state index is 0.348. The molecule has 0 bridgehead atoms. The first-order valence-corrected chi connectivity index (χ1v) is 2.96. The minimum absolute atomic E-state index is 0.348. The van der Waals surface area contributed by atoms with Crippen molar-refractivity contribution in [3.05, 3.63) is 12.2 Å². The summed E-state index contributed by atoms with van der Waals surface area (Å²) in [4.78, 5) is 4.05. The summed E-state index contributed by atoms with van der Waals surface area (Å²) in [6, 6.07) is 0.348.